The van der Waals surface area contributed by atoms with E-state index in [-0.39, 0.29) is 0 Å². The second-order valence-corrected chi connectivity index (χ2v) is 4.35. The normalized spacial score (nSPS) is 38.7. The molecule has 1 aliphatic rings. The molecule has 0 bridgehead atoms. The van der Waals surface area contributed by atoms with Crippen molar-refractivity contribution in [3.63, 3.8) is 0 Å². The molecule has 1 fully saturated rings. The van der Waals surface area contributed by atoms with Crippen LogP contribution in [0.1, 0.15) is 20.8 Å². The van der Waals surface area contributed by atoms with Gasteiger partial charge in [-0.2, -0.15) is 0 Å². The van der Waals surface area contributed by atoms with Crippen LogP contribution in [0.5, 0.6) is 0 Å². The molecule has 0 aliphatic carbocycles. The van der Waals surface area contributed by atoms with Gasteiger partial charge in [0.1, 0.15) is 0 Å². The first-order valence-corrected chi connectivity index (χ1v) is 4.47. The third-order valence-electron chi connectivity index (χ3n) is 3.34. The van der Waals surface area contributed by atoms with Crippen LogP contribution in [0.2, 0.25) is 0 Å². The predicted molar refractivity (Wildman–Crippen MR) is 49.5 cm³/mol. The number of hydrogen-bond donors (Lipinski definition) is 3. The molecule has 0 saturated carbocycles. The molecule has 1 amide bonds. The molecule has 6 nitrogen and oxygen atoms in total. The number of methoxy groups -OCH3 is 1. The third kappa shape index (κ3) is 1.18. The third-order valence-corrected chi connectivity index (χ3v) is 3.34. The summed E-state index contributed by atoms with van der Waals surface area (Å²) in [5.74, 6) is -1.81. The van der Waals surface area contributed by atoms with E-state index in [2.05, 4.69) is 10.1 Å². The highest BCUT2D eigenvalue weighted by Gasteiger charge is 2.69. The van der Waals surface area contributed by atoms with Crippen LogP contribution in [-0.2, 0) is 14.3 Å². The van der Waals surface area contributed by atoms with Gasteiger partial charge in [0.2, 0.25) is 5.72 Å². The number of nitrogens with one attached hydrogen (secondary N) is 1. The molecule has 2 atom stereocenters. The van der Waals surface area contributed by atoms with Crippen molar-refractivity contribution >= 4 is 11.9 Å². The zero-order valence-corrected chi connectivity index (χ0v) is 9.12. The van der Waals surface area contributed by atoms with Gasteiger partial charge >= 0.3 is 5.97 Å². The molecular weight excluding hydrogens is 202 g/mol. The molecule has 1 aliphatic heterocycles. The van der Waals surface area contributed by atoms with Gasteiger partial charge in [-0.25, -0.2) is 4.79 Å². The maximum absolute atomic E-state index is 11.4. The van der Waals surface area contributed by atoms with Crippen LogP contribution >= 0.6 is 0 Å². The Morgan fingerprint density at radius 2 is 1.80 bits per heavy atom. The van der Waals surface area contributed by atoms with E-state index >= 15 is 0 Å². The molecular formula is C9H15NO5. The summed E-state index contributed by atoms with van der Waals surface area (Å²) < 4.78 is 4.40. The monoisotopic (exact) mass is 217 g/mol. The van der Waals surface area contributed by atoms with Crippen LogP contribution in [-0.4, -0.2) is 40.5 Å². The average molecular weight is 217 g/mol. The largest absolute Gasteiger partial charge is 0.465 e. The maximum atomic E-state index is 11.4. The average Bonchev–Trinajstić information content (AvgIpc) is 2.25. The lowest BCUT2D eigenvalue weighted by Crippen LogP contribution is -2.59. The second-order valence-electron chi connectivity index (χ2n) is 4.35. The Kier molecular flexibility index (Phi) is 2.33. The molecule has 1 rings (SSSR count). The first-order valence-electron chi connectivity index (χ1n) is 4.47. The van der Waals surface area contributed by atoms with E-state index in [1.807, 2.05) is 0 Å². The first kappa shape index (κ1) is 11.9. The van der Waals surface area contributed by atoms with Crippen molar-refractivity contribution < 1.29 is 24.5 Å². The molecule has 86 valence electrons. The lowest BCUT2D eigenvalue weighted by atomic mass is 9.72. The van der Waals surface area contributed by atoms with Crippen molar-refractivity contribution in [2.75, 3.05) is 7.11 Å². The summed E-state index contributed by atoms with van der Waals surface area (Å²) in [5.41, 5.74) is -5.43. The van der Waals surface area contributed by atoms with Crippen LogP contribution in [0.25, 0.3) is 0 Å². The fourth-order valence-corrected chi connectivity index (χ4v) is 1.53. The van der Waals surface area contributed by atoms with E-state index < -0.39 is 28.6 Å². The van der Waals surface area contributed by atoms with E-state index in [9.17, 15) is 19.8 Å². The van der Waals surface area contributed by atoms with Gasteiger partial charge in [0.15, 0.2) is 5.60 Å². The maximum Gasteiger partial charge on any atom is 0.360 e. The molecule has 0 aromatic carbocycles. The number of carbonyl (C=O) groups excluding carboxylic acids is 2. The molecule has 0 aromatic rings. The Labute approximate surface area is 87.2 Å². The summed E-state index contributed by atoms with van der Waals surface area (Å²) in [6.45, 7) is 4.05. The molecule has 0 spiro atoms. The van der Waals surface area contributed by atoms with Gasteiger partial charge in [-0.15, -0.1) is 0 Å². The van der Waals surface area contributed by atoms with Gasteiger partial charge in [-0.05, 0) is 6.92 Å². The standard InChI is InChI=1S/C9H15NO5/c1-7(2)8(3,13)5(11)10-9(7,14)6(12)15-4/h13-14H,1-4H3,(H,10,11)/t8?,9-/m0/s1. The van der Waals surface area contributed by atoms with Crippen molar-refractivity contribution in [3.05, 3.63) is 0 Å². The van der Waals surface area contributed by atoms with Crippen molar-refractivity contribution in [2.24, 2.45) is 5.41 Å². The topological polar surface area (TPSA) is 95.9 Å². The highest BCUT2D eigenvalue weighted by molar-refractivity contribution is 5.97. The van der Waals surface area contributed by atoms with E-state index in [1.165, 1.54) is 20.8 Å². The molecule has 1 unspecified atom stereocenters. The van der Waals surface area contributed by atoms with Gasteiger partial charge in [0, 0.05) is 0 Å². The number of aliphatic hydroxyl groups is 2. The smallest absolute Gasteiger partial charge is 0.360 e. The summed E-state index contributed by atoms with van der Waals surface area (Å²) in [5, 5.41) is 22.0. The second kappa shape index (κ2) is 2.93. The molecule has 6 heteroatoms. The summed E-state index contributed by atoms with van der Waals surface area (Å²) in [7, 11) is 1.09. The molecule has 1 saturated heterocycles. The summed E-state index contributed by atoms with van der Waals surface area (Å²) in [4.78, 5) is 22.8. The van der Waals surface area contributed by atoms with Crippen LogP contribution in [0, 0.1) is 5.41 Å². The van der Waals surface area contributed by atoms with Crippen molar-refractivity contribution in [1.82, 2.24) is 5.32 Å². The number of carbonyl (C=O) groups is 2. The highest BCUT2D eigenvalue weighted by atomic mass is 16.5. The van der Waals surface area contributed by atoms with Crippen LogP contribution in [0.15, 0.2) is 0 Å². The SMILES string of the molecule is COC(=O)[C@@]1(O)NC(=O)C(C)(O)C1(C)C. The molecule has 3 N–H and O–H groups in total. The minimum Gasteiger partial charge on any atom is -0.465 e. The molecule has 1 heterocycles. The van der Waals surface area contributed by atoms with Gasteiger partial charge in [0.05, 0.1) is 12.5 Å². The fourth-order valence-electron chi connectivity index (χ4n) is 1.53. The molecule has 0 radical (unpaired) electrons. The lowest BCUT2D eigenvalue weighted by molar-refractivity contribution is -0.187. The number of hydrogen-bond acceptors (Lipinski definition) is 5. The van der Waals surface area contributed by atoms with E-state index in [0.717, 1.165) is 7.11 Å². The Morgan fingerprint density at radius 1 is 1.33 bits per heavy atom. The van der Waals surface area contributed by atoms with Gasteiger partial charge in [-0.1, -0.05) is 13.8 Å². The van der Waals surface area contributed by atoms with Crippen LogP contribution in [0.4, 0.5) is 0 Å². The number of esters is 1. The van der Waals surface area contributed by atoms with Crippen molar-refractivity contribution in [1.29, 1.82) is 0 Å². The number of rotatable bonds is 1. The van der Waals surface area contributed by atoms with Crippen molar-refractivity contribution in [2.45, 2.75) is 32.1 Å². The Balaban J connectivity index is 3.27. The van der Waals surface area contributed by atoms with Crippen molar-refractivity contribution in [3.8, 4) is 0 Å². The zero-order chi connectivity index (χ0) is 12.1. The van der Waals surface area contributed by atoms with Gasteiger partial charge < -0.3 is 20.3 Å². The molecule has 0 aromatic heterocycles. The Morgan fingerprint density at radius 3 is 2.07 bits per heavy atom. The summed E-state index contributed by atoms with van der Waals surface area (Å²) in [6.07, 6.45) is 0. The number of amides is 1. The first-order chi connectivity index (χ1) is 6.61. The molecule has 15 heavy (non-hydrogen) atoms. The van der Waals surface area contributed by atoms with E-state index in [0.29, 0.717) is 0 Å². The van der Waals surface area contributed by atoms with Gasteiger partial charge in [-0.3, -0.25) is 4.79 Å². The Hall–Kier alpha value is -1.14. The van der Waals surface area contributed by atoms with Gasteiger partial charge in [0.25, 0.3) is 5.91 Å². The quantitative estimate of drug-likeness (QED) is 0.477. The van der Waals surface area contributed by atoms with E-state index in [1.54, 1.807) is 0 Å². The van der Waals surface area contributed by atoms with Crippen LogP contribution < -0.4 is 5.32 Å². The van der Waals surface area contributed by atoms with Crippen LogP contribution in [0.3, 0.4) is 0 Å². The van der Waals surface area contributed by atoms with E-state index in [4.69, 9.17) is 0 Å². The minimum absolute atomic E-state index is 0.805. The highest BCUT2D eigenvalue weighted by Crippen LogP contribution is 2.45. The lowest BCUT2D eigenvalue weighted by Gasteiger charge is -2.37. The summed E-state index contributed by atoms with van der Waals surface area (Å²) in [6, 6.07) is 0. The minimum atomic E-state index is -2.21. The number of ether oxygens (including phenoxy) is 1. The summed E-state index contributed by atoms with van der Waals surface area (Å²) >= 11 is 0. The fraction of sp³-hybridized carbons (Fsp3) is 0.778. The Bertz CT molecular complexity index is 322. The predicted octanol–water partition coefficient (Wildman–Crippen LogP) is -1.25. The zero-order valence-electron chi connectivity index (χ0n) is 9.12.